The topological polar surface area (TPSA) is 66.5 Å². The molecule has 1 amide bonds. The van der Waals surface area contributed by atoms with Gasteiger partial charge in [0.2, 0.25) is 0 Å². The van der Waals surface area contributed by atoms with Crippen LogP contribution in [0.4, 0.5) is 11.4 Å². The van der Waals surface area contributed by atoms with Gasteiger partial charge in [-0.25, -0.2) is 0 Å². The highest BCUT2D eigenvalue weighted by Crippen LogP contribution is 2.24. The first-order valence-corrected chi connectivity index (χ1v) is 9.01. The first-order chi connectivity index (χ1) is 12.6. The van der Waals surface area contributed by atoms with Crippen molar-refractivity contribution in [3.63, 3.8) is 0 Å². The molecular weight excluding hydrogens is 328 g/mol. The minimum absolute atomic E-state index is 0.150. The van der Waals surface area contributed by atoms with Gasteiger partial charge >= 0.3 is 0 Å². The fourth-order valence-corrected chi connectivity index (χ4v) is 3.03. The fraction of sp³-hybridized carbons (Fsp3) is 0.400. The number of amides is 1. The Morgan fingerprint density at radius 3 is 2.65 bits per heavy atom. The van der Waals surface area contributed by atoms with Gasteiger partial charge in [0.15, 0.2) is 0 Å². The number of benzene rings is 1. The number of pyridine rings is 1. The van der Waals surface area contributed by atoms with Gasteiger partial charge in [-0.15, -0.1) is 0 Å². The summed E-state index contributed by atoms with van der Waals surface area (Å²) in [5.41, 5.74) is 4.67. The van der Waals surface area contributed by atoms with Gasteiger partial charge in [0.05, 0.1) is 13.2 Å². The van der Waals surface area contributed by atoms with Gasteiger partial charge in [-0.05, 0) is 37.1 Å². The van der Waals surface area contributed by atoms with Gasteiger partial charge in [-0.3, -0.25) is 14.7 Å². The second-order valence-electron chi connectivity index (χ2n) is 6.53. The molecule has 2 heterocycles. The third-order valence-corrected chi connectivity index (χ3v) is 4.56. The normalized spacial score (nSPS) is 14.8. The Kier molecular flexibility index (Phi) is 6.20. The number of ether oxygens (including phenoxy) is 1. The van der Waals surface area contributed by atoms with Crippen molar-refractivity contribution < 1.29 is 9.53 Å². The van der Waals surface area contributed by atoms with Crippen LogP contribution in [0.25, 0.3) is 0 Å². The molecule has 1 fully saturated rings. The third kappa shape index (κ3) is 4.80. The lowest BCUT2D eigenvalue weighted by Crippen LogP contribution is -2.41. The molecule has 2 aromatic rings. The second kappa shape index (κ2) is 8.78. The Morgan fingerprint density at radius 2 is 1.92 bits per heavy atom. The van der Waals surface area contributed by atoms with E-state index in [2.05, 4.69) is 46.5 Å². The number of para-hydroxylation sites is 1. The predicted octanol–water partition coefficient (Wildman–Crippen LogP) is 2.50. The number of aromatic nitrogens is 1. The molecule has 26 heavy (non-hydrogen) atoms. The number of aryl methyl sites for hydroxylation is 2. The van der Waals surface area contributed by atoms with E-state index in [0.29, 0.717) is 12.2 Å². The molecule has 0 atom stereocenters. The molecule has 6 nitrogen and oxygen atoms in total. The SMILES string of the molecule is Cc1cccc(C)c1Nc1ccnc(C(=O)NCCN2CCOCC2)c1. The number of nitrogens with one attached hydrogen (secondary N) is 2. The van der Waals surface area contributed by atoms with E-state index in [-0.39, 0.29) is 5.91 Å². The zero-order valence-corrected chi connectivity index (χ0v) is 15.4. The summed E-state index contributed by atoms with van der Waals surface area (Å²) in [4.78, 5) is 18.9. The van der Waals surface area contributed by atoms with Crippen molar-refractivity contribution in [2.24, 2.45) is 0 Å². The predicted molar refractivity (Wildman–Crippen MR) is 103 cm³/mol. The van der Waals surface area contributed by atoms with Gasteiger partial charge < -0.3 is 15.4 Å². The number of hydrogen-bond acceptors (Lipinski definition) is 5. The highest BCUT2D eigenvalue weighted by molar-refractivity contribution is 5.93. The average Bonchev–Trinajstić information content (AvgIpc) is 2.66. The summed E-state index contributed by atoms with van der Waals surface area (Å²) in [7, 11) is 0. The molecule has 1 aliphatic heterocycles. The van der Waals surface area contributed by atoms with Crippen LogP contribution >= 0.6 is 0 Å². The smallest absolute Gasteiger partial charge is 0.269 e. The Balaban J connectivity index is 1.58. The van der Waals surface area contributed by atoms with E-state index in [1.54, 1.807) is 12.3 Å². The summed E-state index contributed by atoms with van der Waals surface area (Å²) >= 11 is 0. The summed E-state index contributed by atoms with van der Waals surface area (Å²) in [6.45, 7) is 8.94. The number of hydrogen-bond donors (Lipinski definition) is 2. The Bertz CT molecular complexity index is 737. The van der Waals surface area contributed by atoms with E-state index >= 15 is 0 Å². The largest absolute Gasteiger partial charge is 0.379 e. The van der Waals surface area contributed by atoms with E-state index in [9.17, 15) is 4.79 Å². The zero-order chi connectivity index (χ0) is 18.4. The van der Waals surface area contributed by atoms with Gasteiger partial charge in [-0.2, -0.15) is 0 Å². The summed E-state index contributed by atoms with van der Waals surface area (Å²) < 4.78 is 5.33. The minimum atomic E-state index is -0.150. The number of carbonyl (C=O) groups excluding carboxylic acids is 1. The fourth-order valence-electron chi connectivity index (χ4n) is 3.03. The van der Waals surface area contributed by atoms with Crippen LogP contribution in [0.3, 0.4) is 0 Å². The van der Waals surface area contributed by atoms with Crippen LogP contribution in [-0.4, -0.2) is 55.2 Å². The molecule has 1 aromatic carbocycles. The van der Waals surface area contributed by atoms with Crippen molar-refractivity contribution in [3.05, 3.63) is 53.3 Å². The van der Waals surface area contributed by atoms with E-state index in [4.69, 9.17) is 4.74 Å². The molecule has 138 valence electrons. The Hall–Kier alpha value is -2.44. The van der Waals surface area contributed by atoms with Crippen LogP contribution in [0.15, 0.2) is 36.5 Å². The molecule has 3 rings (SSSR count). The van der Waals surface area contributed by atoms with Crippen LogP contribution < -0.4 is 10.6 Å². The lowest BCUT2D eigenvalue weighted by molar-refractivity contribution is 0.0383. The van der Waals surface area contributed by atoms with E-state index in [1.807, 2.05) is 12.1 Å². The van der Waals surface area contributed by atoms with E-state index in [1.165, 1.54) is 11.1 Å². The molecule has 0 saturated carbocycles. The van der Waals surface area contributed by atoms with E-state index < -0.39 is 0 Å². The van der Waals surface area contributed by atoms with Crippen LogP contribution in [0.5, 0.6) is 0 Å². The number of carbonyl (C=O) groups is 1. The highest BCUT2D eigenvalue weighted by Gasteiger charge is 2.12. The summed E-state index contributed by atoms with van der Waals surface area (Å²) in [6.07, 6.45) is 1.66. The molecule has 1 aromatic heterocycles. The van der Waals surface area contributed by atoms with Crippen molar-refractivity contribution in [3.8, 4) is 0 Å². The lowest BCUT2D eigenvalue weighted by Gasteiger charge is -2.26. The number of anilines is 2. The molecule has 1 saturated heterocycles. The second-order valence-corrected chi connectivity index (χ2v) is 6.53. The molecule has 0 spiro atoms. The molecule has 0 bridgehead atoms. The van der Waals surface area contributed by atoms with Crippen molar-refractivity contribution >= 4 is 17.3 Å². The van der Waals surface area contributed by atoms with E-state index in [0.717, 1.165) is 44.2 Å². The monoisotopic (exact) mass is 354 g/mol. The molecular formula is C20H26N4O2. The average molecular weight is 354 g/mol. The molecule has 1 aliphatic rings. The van der Waals surface area contributed by atoms with Crippen LogP contribution in [0.1, 0.15) is 21.6 Å². The molecule has 0 unspecified atom stereocenters. The molecule has 2 N–H and O–H groups in total. The van der Waals surface area contributed by atoms with Gasteiger partial charge in [0.25, 0.3) is 5.91 Å². The molecule has 0 aliphatic carbocycles. The maximum atomic E-state index is 12.4. The van der Waals surface area contributed by atoms with Crippen LogP contribution in [0.2, 0.25) is 0 Å². The van der Waals surface area contributed by atoms with Crippen LogP contribution in [0, 0.1) is 13.8 Å². The van der Waals surface area contributed by atoms with Gasteiger partial charge in [0, 0.05) is 43.8 Å². The van der Waals surface area contributed by atoms with Crippen molar-refractivity contribution in [2.75, 3.05) is 44.7 Å². The Morgan fingerprint density at radius 1 is 1.19 bits per heavy atom. The molecule has 6 heteroatoms. The summed E-state index contributed by atoms with van der Waals surface area (Å²) in [6, 6.07) is 9.83. The molecule has 0 radical (unpaired) electrons. The van der Waals surface area contributed by atoms with Crippen molar-refractivity contribution in [1.29, 1.82) is 0 Å². The lowest BCUT2D eigenvalue weighted by atomic mass is 10.1. The standard InChI is InChI=1S/C20H26N4O2/c1-15-4-3-5-16(2)19(15)23-17-6-7-21-18(14-17)20(25)22-8-9-24-10-12-26-13-11-24/h3-7,14H,8-13H2,1-2H3,(H,21,23)(H,22,25). The minimum Gasteiger partial charge on any atom is -0.379 e. The first-order valence-electron chi connectivity index (χ1n) is 9.01. The maximum Gasteiger partial charge on any atom is 0.269 e. The van der Waals surface area contributed by atoms with Crippen molar-refractivity contribution in [2.45, 2.75) is 13.8 Å². The first kappa shape index (κ1) is 18.4. The quantitative estimate of drug-likeness (QED) is 0.834. The van der Waals surface area contributed by atoms with Gasteiger partial charge in [-0.1, -0.05) is 18.2 Å². The van der Waals surface area contributed by atoms with Crippen LogP contribution in [-0.2, 0) is 4.74 Å². The summed E-state index contributed by atoms with van der Waals surface area (Å²) in [5.74, 6) is -0.150. The number of rotatable bonds is 6. The maximum absolute atomic E-state index is 12.4. The third-order valence-electron chi connectivity index (χ3n) is 4.56. The Labute approximate surface area is 154 Å². The van der Waals surface area contributed by atoms with Gasteiger partial charge in [0.1, 0.15) is 5.69 Å². The van der Waals surface area contributed by atoms with Crippen molar-refractivity contribution in [1.82, 2.24) is 15.2 Å². The zero-order valence-electron chi connectivity index (χ0n) is 15.4. The number of nitrogens with zero attached hydrogens (tertiary/aromatic N) is 2. The summed E-state index contributed by atoms with van der Waals surface area (Å²) in [5, 5.41) is 6.35. The highest BCUT2D eigenvalue weighted by atomic mass is 16.5. The number of morpholine rings is 1.